The molecule has 1 aliphatic heterocycles. The van der Waals surface area contributed by atoms with Crippen molar-refractivity contribution in [2.45, 2.75) is 32.8 Å². The van der Waals surface area contributed by atoms with Crippen molar-refractivity contribution in [3.05, 3.63) is 0 Å². The van der Waals surface area contributed by atoms with E-state index in [9.17, 15) is 8.42 Å². The predicted molar refractivity (Wildman–Crippen MR) is 73.1 cm³/mol. The van der Waals surface area contributed by atoms with Gasteiger partial charge in [-0.1, -0.05) is 6.92 Å². The maximum Gasteiger partial charge on any atom is 0.214 e. The summed E-state index contributed by atoms with van der Waals surface area (Å²) in [7, 11) is -1.68. The second kappa shape index (κ2) is 7.43. The van der Waals surface area contributed by atoms with E-state index >= 15 is 0 Å². The van der Waals surface area contributed by atoms with Crippen LogP contribution in [0.25, 0.3) is 0 Å². The Labute approximate surface area is 111 Å². The van der Waals surface area contributed by atoms with Crippen molar-refractivity contribution in [3.63, 3.8) is 0 Å². The van der Waals surface area contributed by atoms with Gasteiger partial charge in [0.1, 0.15) is 0 Å². The summed E-state index contributed by atoms with van der Waals surface area (Å²) in [6.45, 7) is 7.64. The lowest BCUT2D eigenvalue weighted by molar-refractivity contribution is 0.136. The summed E-state index contributed by atoms with van der Waals surface area (Å²) < 4.78 is 31.3. The Bertz CT molecular complexity index is 332. The second-order valence-electron chi connectivity index (χ2n) is 5.08. The van der Waals surface area contributed by atoms with Crippen molar-refractivity contribution in [1.82, 2.24) is 9.62 Å². The van der Waals surface area contributed by atoms with Crippen LogP contribution in [-0.4, -0.2) is 58.5 Å². The van der Waals surface area contributed by atoms with Crippen LogP contribution >= 0.6 is 0 Å². The van der Waals surface area contributed by atoms with E-state index in [1.54, 1.807) is 6.92 Å². The van der Waals surface area contributed by atoms with Gasteiger partial charge >= 0.3 is 0 Å². The lowest BCUT2D eigenvalue weighted by atomic mass is 9.98. The third-order valence-corrected chi connectivity index (χ3v) is 5.01. The van der Waals surface area contributed by atoms with E-state index < -0.39 is 10.0 Å². The van der Waals surface area contributed by atoms with Crippen LogP contribution in [0.15, 0.2) is 0 Å². The van der Waals surface area contributed by atoms with Crippen LogP contribution in [0.2, 0.25) is 0 Å². The summed E-state index contributed by atoms with van der Waals surface area (Å²) >= 11 is 0. The number of likely N-dealkylation sites (tertiary alicyclic amines) is 1. The summed E-state index contributed by atoms with van der Waals surface area (Å²) in [6, 6.07) is 0. The van der Waals surface area contributed by atoms with E-state index in [1.165, 1.54) is 7.11 Å². The van der Waals surface area contributed by atoms with E-state index in [0.717, 1.165) is 32.5 Å². The largest absolute Gasteiger partial charge is 0.381 e. The van der Waals surface area contributed by atoms with Crippen LogP contribution in [0.1, 0.15) is 26.7 Å². The molecule has 0 bridgehead atoms. The molecule has 0 aliphatic carbocycles. The quantitative estimate of drug-likeness (QED) is 0.744. The average Bonchev–Trinajstić information content (AvgIpc) is 2.36. The Kier molecular flexibility index (Phi) is 6.55. The molecule has 0 radical (unpaired) electrons. The molecule has 1 saturated heterocycles. The number of hydrogen-bond donors (Lipinski definition) is 1. The normalized spacial score (nSPS) is 24.1. The fourth-order valence-electron chi connectivity index (χ4n) is 2.29. The van der Waals surface area contributed by atoms with Gasteiger partial charge in [0.15, 0.2) is 0 Å². The summed E-state index contributed by atoms with van der Waals surface area (Å²) in [4.78, 5) is 2.38. The van der Waals surface area contributed by atoms with Crippen LogP contribution in [0.5, 0.6) is 0 Å². The third kappa shape index (κ3) is 5.65. The fourth-order valence-corrected chi connectivity index (χ4v) is 3.65. The highest BCUT2D eigenvalue weighted by Gasteiger charge is 2.21. The Balaban J connectivity index is 2.35. The smallest absolute Gasteiger partial charge is 0.214 e. The zero-order valence-corrected chi connectivity index (χ0v) is 12.5. The van der Waals surface area contributed by atoms with Gasteiger partial charge in [0.05, 0.1) is 11.9 Å². The minimum absolute atomic E-state index is 0.0354. The monoisotopic (exact) mass is 278 g/mol. The maximum atomic E-state index is 11.8. The first-order chi connectivity index (χ1) is 8.46. The molecule has 0 spiro atoms. The zero-order valence-electron chi connectivity index (χ0n) is 11.7. The van der Waals surface area contributed by atoms with Crippen molar-refractivity contribution >= 4 is 10.0 Å². The van der Waals surface area contributed by atoms with Gasteiger partial charge < -0.3 is 9.64 Å². The highest BCUT2D eigenvalue weighted by molar-refractivity contribution is 7.89. The van der Waals surface area contributed by atoms with E-state index in [2.05, 4.69) is 16.5 Å². The molecule has 5 nitrogen and oxygen atoms in total. The first-order valence-electron chi connectivity index (χ1n) is 6.69. The molecular formula is C12H26N2O3S. The summed E-state index contributed by atoms with van der Waals surface area (Å²) in [5, 5.41) is 0. The number of piperidine rings is 1. The van der Waals surface area contributed by atoms with Crippen LogP contribution in [0.4, 0.5) is 0 Å². The molecule has 0 saturated carbocycles. The lowest BCUT2D eigenvalue weighted by Crippen LogP contribution is -2.42. The molecular weight excluding hydrogens is 252 g/mol. The van der Waals surface area contributed by atoms with Crippen molar-refractivity contribution in [3.8, 4) is 0 Å². The Morgan fingerprint density at radius 3 is 2.83 bits per heavy atom. The molecule has 1 rings (SSSR count). The van der Waals surface area contributed by atoms with Gasteiger partial charge in [0.2, 0.25) is 10.0 Å². The molecule has 0 aromatic rings. The van der Waals surface area contributed by atoms with Gasteiger partial charge in [0, 0.05) is 20.2 Å². The van der Waals surface area contributed by atoms with Crippen molar-refractivity contribution in [1.29, 1.82) is 0 Å². The van der Waals surface area contributed by atoms with Gasteiger partial charge in [-0.2, -0.15) is 0 Å². The molecule has 18 heavy (non-hydrogen) atoms. The van der Waals surface area contributed by atoms with Crippen molar-refractivity contribution < 1.29 is 13.2 Å². The lowest BCUT2D eigenvalue weighted by Gasteiger charge is -2.31. The predicted octanol–water partition coefficient (Wildman–Crippen LogP) is 0.673. The molecule has 1 fully saturated rings. The van der Waals surface area contributed by atoms with E-state index in [4.69, 9.17) is 4.74 Å². The molecule has 0 aromatic heterocycles. The zero-order chi connectivity index (χ0) is 13.6. The summed E-state index contributed by atoms with van der Waals surface area (Å²) in [6.07, 6.45) is 2.01. The Morgan fingerprint density at radius 1 is 1.50 bits per heavy atom. The Morgan fingerprint density at radius 2 is 2.22 bits per heavy atom. The minimum atomic E-state index is -3.21. The maximum absolute atomic E-state index is 11.8. The molecule has 2 atom stereocenters. The number of rotatable bonds is 7. The number of methoxy groups -OCH3 is 1. The first-order valence-corrected chi connectivity index (χ1v) is 8.34. The number of nitrogens with zero attached hydrogens (tertiary/aromatic N) is 1. The van der Waals surface area contributed by atoms with E-state index in [-0.39, 0.29) is 11.9 Å². The van der Waals surface area contributed by atoms with Crippen LogP contribution in [0.3, 0.4) is 0 Å². The van der Waals surface area contributed by atoms with Gasteiger partial charge in [0.25, 0.3) is 0 Å². The molecule has 0 aromatic carbocycles. The van der Waals surface area contributed by atoms with Gasteiger partial charge in [-0.05, 0) is 38.8 Å². The minimum Gasteiger partial charge on any atom is -0.381 e. The molecule has 108 valence electrons. The SMILES string of the molecule is CCN1CCC[C@H](CNS(=O)(=O)C[C@@H](C)OC)C1. The standard InChI is InChI=1S/C12H26N2O3S/c1-4-14-7-5-6-12(9-14)8-13-18(15,16)10-11(2)17-3/h11-13H,4-10H2,1-3H3/t11-,12-/m1/s1. The molecule has 6 heteroatoms. The third-order valence-electron chi connectivity index (χ3n) is 3.50. The van der Waals surface area contributed by atoms with Crippen LogP contribution < -0.4 is 4.72 Å². The number of nitrogens with one attached hydrogen (secondary N) is 1. The molecule has 1 aliphatic rings. The van der Waals surface area contributed by atoms with Gasteiger partial charge in [-0.25, -0.2) is 13.1 Å². The molecule has 1 N–H and O–H groups in total. The van der Waals surface area contributed by atoms with Gasteiger partial charge in [-0.15, -0.1) is 0 Å². The van der Waals surface area contributed by atoms with Crippen LogP contribution in [-0.2, 0) is 14.8 Å². The average molecular weight is 278 g/mol. The highest BCUT2D eigenvalue weighted by Crippen LogP contribution is 2.15. The van der Waals surface area contributed by atoms with Crippen LogP contribution in [0, 0.1) is 5.92 Å². The van der Waals surface area contributed by atoms with Crippen molar-refractivity contribution in [2.75, 3.05) is 39.0 Å². The Hall–Kier alpha value is -0.170. The number of ether oxygens (including phenoxy) is 1. The topological polar surface area (TPSA) is 58.6 Å². The molecule has 1 heterocycles. The first kappa shape index (κ1) is 15.9. The van der Waals surface area contributed by atoms with E-state index in [1.807, 2.05) is 0 Å². The number of sulfonamides is 1. The number of hydrogen-bond acceptors (Lipinski definition) is 4. The second-order valence-corrected chi connectivity index (χ2v) is 6.93. The van der Waals surface area contributed by atoms with E-state index in [0.29, 0.717) is 12.5 Å². The van der Waals surface area contributed by atoms with Crippen molar-refractivity contribution in [2.24, 2.45) is 5.92 Å². The molecule has 0 unspecified atom stereocenters. The van der Waals surface area contributed by atoms with Gasteiger partial charge in [-0.3, -0.25) is 0 Å². The fraction of sp³-hybridized carbons (Fsp3) is 1.00. The molecule has 0 amide bonds. The highest BCUT2D eigenvalue weighted by atomic mass is 32.2. The summed E-state index contributed by atoms with van der Waals surface area (Å²) in [5.74, 6) is 0.472. The summed E-state index contributed by atoms with van der Waals surface area (Å²) in [5.41, 5.74) is 0.